The molecule has 1 saturated heterocycles. The normalized spacial score (nSPS) is 25.6. The number of carboxylic acid groups (broad SMARTS) is 1. The SMILES string of the molecule is NCCCCC1(C(=O)O)CN(Cc2ccsc2-c2ccccc2)CCP1(=O)O. The summed E-state index contributed by atoms with van der Waals surface area (Å²) in [7, 11) is -3.80. The molecule has 0 saturated carbocycles. The van der Waals surface area contributed by atoms with Crippen molar-refractivity contribution in [3.63, 3.8) is 0 Å². The minimum Gasteiger partial charge on any atom is -0.480 e. The van der Waals surface area contributed by atoms with Crippen LogP contribution in [0.4, 0.5) is 0 Å². The molecule has 3 rings (SSSR count). The maximum absolute atomic E-state index is 12.9. The summed E-state index contributed by atoms with van der Waals surface area (Å²) >= 11 is 1.65. The minimum atomic E-state index is -3.80. The van der Waals surface area contributed by atoms with E-state index < -0.39 is 18.5 Å². The Kier molecular flexibility index (Phi) is 6.73. The first-order valence-electron chi connectivity index (χ1n) is 9.49. The van der Waals surface area contributed by atoms with Crippen LogP contribution in [0, 0.1) is 0 Å². The van der Waals surface area contributed by atoms with Crippen molar-refractivity contribution in [3.8, 4) is 10.4 Å². The molecular formula is C20H27N2O4PS. The van der Waals surface area contributed by atoms with Gasteiger partial charge in [0.2, 0.25) is 7.37 Å². The van der Waals surface area contributed by atoms with Gasteiger partial charge in [-0.15, -0.1) is 11.3 Å². The van der Waals surface area contributed by atoms with E-state index in [1.165, 1.54) is 0 Å². The smallest absolute Gasteiger partial charge is 0.320 e. The Labute approximate surface area is 169 Å². The third-order valence-corrected chi connectivity index (χ3v) is 9.20. The predicted molar refractivity (Wildman–Crippen MR) is 113 cm³/mol. The van der Waals surface area contributed by atoms with Gasteiger partial charge in [0.15, 0.2) is 5.16 Å². The van der Waals surface area contributed by atoms with Gasteiger partial charge < -0.3 is 15.7 Å². The van der Waals surface area contributed by atoms with Crippen molar-refractivity contribution >= 4 is 24.7 Å². The van der Waals surface area contributed by atoms with E-state index in [1.807, 2.05) is 28.5 Å². The molecule has 0 aliphatic carbocycles. The molecular weight excluding hydrogens is 395 g/mol. The highest BCUT2D eigenvalue weighted by Crippen LogP contribution is 2.59. The number of benzene rings is 1. The molecule has 28 heavy (non-hydrogen) atoms. The van der Waals surface area contributed by atoms with Gasteiger partial charge in [0.1, 0.15) is 0 Å². The molecule has 152 valence electrons. The molecule has 1 aromatic carbocycles. The number of hydrogen-bond donors (Lipinski definition) is 3. The topological polar surface area (TPSA) is 104 Å². The lowest BCUT2D eigenvalue weighted by Gasteiger charge is -2.43. The second-order valence-electron chi connectivity index (χ2n) is 7.36. The summed E-state index contributed by atoms with van der Waals surface area (Å²) in [5, 5.41) is 10.3. The molecule has 2 aromatic rings. The first-order valence-corrected chi connectivity index (χ1v) is 12.2. The van der Waals surface area contributed by atoms with Crippen LogP contribution in [0.2, 0.25) is 0 Å². The highest BCUT2D eigenvalue weighted by molar-refractivity contribution is 7.61. The summed E-state index contributed by atoms with van der Waals surface area (Å²) in [6.07, 6.45) is 1.37. The third-order valence-electron chi connectivity index (χ3n) is 5.49. The van der Waals surface area contributed by atoms with E-state index in [1.54, 1.807) is 11.3 Å². The maximum Gasteiger partial charge on any atom is 0.320 e. The predicted octanol–water partition coefficient (Wildman–Crippen LogP) is 3.45. The summed E-state index contributed by atoms with van der Waals surface area (Å²) < 4.78 is 12.9. The van der Waals surface area contributed by atoms with Crippen LogP contribution in [0.5, 0.6) is 0 Å². The number of hydrogen-bond acceptors (Lipinski definition) is 5. The van der Waals surface area contributed by atoms with Crippen LogP contribution in [-0.4, -0.2) is 51.8 Å². The van der Waals surface area contributed by atoms with Gasteiger partial charge in [-0.25, -0.2) is 0 Å². The van der Waals surface area contributed by atoms with Crippen molar-refractivity contribution in [3.05, 3.63) is 47.3 Å². The number of carbonyl (C=O) groups is 1. The van der Waals surface area contributed by atoms with Gasteiger partial charge in [0, 0.05) is 30.7 Å². The lowest BCUT2D eigenvalue weighted by Crippen LogP contribution is -2.53. The van der Waals surface area contributed by atoms with Gasteiger partial charge in [0.25, 0.3) is 0 Å². The van der Waals surface area contributed by atoms with E-state index in [-0.39, 0.29) is 19.1 Å². The van der Waals surface area contributed by atoms with Crippen LogP contribution in [0.25, 0.3) is 10.4 Å². The van der Waals surface area contributed by atoms with E-state index in [2.05, 4.69) is 18.2 Å². The third kappa shape index (κ3) is 4.24. The molecule has 0 radical (unpaired) electrons. The monoisotopic (exact) mass is 422 g/mol. The summed E-state index contributed by atoms with van der Waals surface area (Å²) in [6, 6.07) is 12.1. The van der Waals surface area contributed by atoms with Crippen molar-refractivity contribution in [2.45, 2.75) is 31.0 Å². The van der Waals surface area contributed by atoms with Crippen molar-refractivity contribution in [1.29, 1.82) is 0 Å². The standard InChI is InChI=1S/C20H27N2O4PS/c21-10-5-4-9-20(19(23)24)15-22(11-12-27(20,25)26)14-17-8-13-28-18(17)16-6-2-1-3-7-16/h1-3,6-8,13H,4-5,9-12,14-15,21H2,(H,23,24)(H,25,26). The molecule has 2 heterocycles. The Hall–Kier alpha value is -1.50. The second-order valence-corrected chi connectivity index (χ2v) is 11.0. The van der Waals surface area contributed by atoms with Crippen LogP contribution in [0.3, 0.4) is 0 Å². The van der Waals surface area contributed by atoms with Gasteiger partial charge in [-0.2, -0.15) is 0 Å². The average molecular weight is 422 g/mol. The Morgan fingerprint density at radius 3 is 2.68 bits per heavy atom. The molecule has 4 N–H and O–H groups in total. The summed E-state index contributed by atoms with van der Waals surface area (Å²) in [5.41, 5.74) is 7.78. The fourth-order valence-electron chi connectivity index (χ4n) is 3.87. The molecule has 0 spiro atoms. The van der Waals surface area contributed by atoms with Crippen LogP contribution < -0.4 is 5.73 Å². The fourth-order valence-corrected chi connectivity index (χ4v) is 7.00. The van der Waals surface area contributed by atoms with Gasteiger partial charge >= 0.3 is 5.97 Å². The summed E-state index contributed by atoms with van der Waals surface area (Å²) in [6.45, 7) is 1.53. The Morgan fingerprint density at radius 2 is 2.00 bits per heavy atom. The van der Waals surface area contributed by atoms with E-state index >= 15 is 0 Å². The highest BCUT2D eigenvalue weighted by Gasteiger charge is 2.56. The number of aliphatic carboxylic acids is 1. The largest absolute Gasteiger partial charge is 0.480 e. The van der Waals surface area contributed by atoms with Crippen molar-refractivity contribution in [1.82, 2.24) is 4.90 Å². The zero-order valence-electron chi connectivity index (χ0n) is 15.8. The molecule has 2 atom stereocenters. The van der Waals surface area contributed by atoms with E-state index in [0.717, 1.165) is 16.0 Å². The molecule has 6 nitrogen and oxygen atoms in total. The molecule has 0 amide bonds. The van der Waals surface area contributed by atoms with Crippen molar-refractivity contribution < 1.29 is 19.4 Å². The summed E-state index contributed by atoms with van der Waals surface area (Å²) in [5.74, 6) is -1.17. The zero-order valence-corrected chi connectivity index (χ0v) is 17.5. The minimum absolute atomic E-state index is 0.00668. The number of rotatable bonds is 8. The van der Waals surface area contributed by atoms with Crippen molar-refractivity contribution in [2.24, 2.45) is 5.73 Å². The van der Waals surface area contributed by atoms with Gasteiger partial charge in [-0.05, 0) is 42.0 Å². The van der Waals surface area contributed by atoms with Crippen LogP contribution in [0.1, 0.15) is 24.8 Å². The van der Waals surface area contributed by atoms with E-state index in [0.29, 0.717) is 32.5 Å². The molecule has 1 aromatic heterocycles. The van der Waals surface area contributed by atoms with Crippen LogP contribution >= 0.6 is 18.7 Å². The molecule has 1 aliphatic rings. The Balaban J connectivity index is 1.82. The van der Waals surface area contributed by atoms with Crippen molar-refractivity contribution in [2.75, 3.05) is 25.8 Å². The van der Waals surface area contributed by atoms with Crippen LogP contribution in [0.15, 0.2) is 41.8 Å². The maximum atomic E-state index is 12.9. The van der Waals surface area contributed by atoms with Gasteiger partial charge in [-0.1, -0.05) is 36.8 Å². The fraction of sp³-hybridized carbons (Fsp3) is 0.450. The number of nitrogens with two attached hydrogens (primary N) is 1. The van der Waals surface area contributed by atoms with Gasteiger partial charge in [0.05, 0.1) is 0 Å². The Morgan fingerprint density at radius 1 is 1.25 bits per heavy atom. The summed E-state index contributed by atoms with van der Waals surface area (Å²) in [4.78, 5) is 25.9. The van der Waals surface area contributed by atoms with Gasteiger partial charge in [-0.3, -0.25) is 14.3 Å². The first-order chi connectivity index (χ1) is 13.4. The lowest BCUT2D eigenvalue weighted by molar-refractivity contribution is -0.141. The number of unbranched alkanes of at least 4 members (excludes halogenated alkanes) is 1. The average Bonchev–Trinajstić information content (AvgIpc) is 3.13. The quantitative estimate of drug-likeness (QED) is 0.445. The zero-order chi connectivity index (χ0) is 20.2. The first kappa shape index (κ1) is 21.2. The number of carboxylic acids is 1. The molecule has 2 unspecified atom stereocenters. The number of thiophene rings is 1. The number of nitrogens with zero attached hydrogens (tertiary/aromatic N) is 1. The van der Waals surface area contributed by atoms with E-state index in [4.69, 9.17) is 5.73 Å². The van der Waals surface area contributed by atoms with Crippen LogP contribution in [-0.2, 0) is 15.9 Å². The second kappa shape index (κ2) is 8.89. The highest BCUT2D eigenvalue weighted by atomic mass is 32.1. The Bertz CT molecular complexity index is 857. The molecule has 1 aliphatic heterocycles. The lowest BCUT2D eigenvalue weighted by atomic mass is 9.99. The molecule has 0 bridgehead atoms. The molecule has 1 fully saturated rings. The van der Waals surface area contributed by atoms with E-state index in [9.17, 15) is 19.4 Å². The molecule has 8 heteroatoms.